The summed E-state index contributed by atoms with van der Waals surface area (Å²) in [6, 6.07) is 21.6. The third-order valence-corrected chi connectivity index (χ3v) is 7.42. The fourth-order valence-electron chi connectivity index (χ4n) is 3.11. The SMILES string of the molecule is Cc1csc(NC(=O)C(Sc2ccc(NC(=O)c3ccc(Cl)cc3Cl)cc2)c2ccccc2)n1. The van der Waals surface area contributed by atoms with Crippen molar-refractivity contribution < 1.29 is 9.59 Å². The number of hydrogen-bond acceptors (Lipinski definition) is 5. The third kappa shape index (κ3) is 6.18. The van der Waals surface area contributed by atoms with Crippen LogP contribution in [0.2, 0.25) is 10.0 Å². The van der Waals surface area contributed by atoms with Crippen molar-refractivity contribution in [3.63, 3.8) is 0 Å². The van der Waals surface area contributed by atoms with Crippen molar-refractivity contribution in [1.82, 2.24) is 4.98 Å². The molecule has 0 aliphatic heterocycles. The van der Waals surface area contributed by atoms with Crippen molar-refractivity contribution >= 4 is 68.9 Å². The number of thiazole rings is 1. The Bertz CT molecular complexity index is 1310. The van der Waals surface area contributed by atoms with Crippen LogP contribution in [0.4, 0.5) is 10.8 Å². The number of carbonyl (C=O) groups is 2. The van der Waals surface area contributed by atoms with Crippen LogP contribution in [0, 0.1) is 6.92 Å². The van der Waals surface area contributed by atoms with Gasteiger partial charge in [0.2, 0.25) is 5.91 Å². The van der Waals surface area contributed by atoms with Crippen LogP contribution in [-0.2, 0) is 4.79 Å². The second-order valence-electron chi connectivity index (χ2n) is 7.29. The van der Waals surface area contributed by atoms with Crippen molar-refractivity contribution in [2.75, 3.05) is 10.6 Å². The molecule has 9 heteroatoms. The van der Waals surface area contributed by atoms with Crippen LogP contribution in [0.3, 0.4) is 0 Å². The summed E-state index contributed by atoms with van der Waals surface area (Å²) in [5, 5.41) is 8.48. The van der Waals surface area contributed by atoms with Gasteiger partial charge in [-0.15, -0.1) is 23.1 Å². The molecule has 0 bridgehead atoms. The molecule has 1 unspecified atom stereocenters. The van der Waals surface area contributed by atoms with Crippen LogP contribution in [0.25, 0.3) is 0 Å². The second kappa shape index (κ2) is 11.1. The standard InChI is InChI=1S/C25H19Cl2N3O2S2/c1-15-14-33-25(28-15)30-24(32)22(16-5-3-2-4-6-16)34-19-10-8-18(9-11-19)29-23(31)20-12-7-17(26)13-21(20)27/h2-14,22H,1H3,(H,29,31)(H,28,30,32). The molecule has 0 fully saturated rings. The van der Waals surface area contributed by atoms with E-state index in [1.807, 2.05) is 54.8 Å². The number of nitrogens with one attached hydrogen (secondary N) is 2. The molecule has 1 heterocycles. The first kappa shape index (κ1) is 24.3. The molecular weight excluding hydrogens is 509 g/mol. The molecule has 4 aromatic rings. The van der Waals surface area contributed by atoms with Crippen molar-refractivity contribution in [3.05, 3.63) is 105 Å². The molecule has 3 aromatic carbocycles. The zero-order chi connectivity index (χ0) is 24.1. The van der Waals surface area contributed by atoms with Gasteiger partial charge in [0.05, 0.1) is 16.3 Å². The molecule has 0 saturated heterocycles. The number of carbonyl (C=O) groups excluding carboxylic acids is 2. The molecule has 2 amide bonds. The Morgan fingerprint density at radius 3 is 2.35 bits per heavy atom. The summed E-state index contributed by atoms with van der Waals surface area (Å²) in [7, 11) is 0. The van der Waals surface area contributed by atoms with Crippen molar-refractivity contribution in [2.45, 2.75) is 17.1 Å². The summed E-state index contributed by atoms with van der Waals surface area (Å²) in [5.74, 6) is -0.484. The number of anilines is 2. The van der Waals surface area contributed by atoms with Gasteiger partial charge in [-0.25, -0.2) is 4.98 Å². The van der Waals surface area contributed by atoms with Crippen LogP contribution in [-0.4, -0.2) is 16.8 Å². The Hall–Kier alpha value is -2.84. The first-order valence-electron chi connectivity index (χ1n) is 10.2. The second-order valence-corrected chi connectivity index (χ2v) is 10.2. The van der Waals surface area contributed by atoms with E-state index in [-0.39, 0.29) is 16.8 Å². The summed E-state index contributed by atoms with van der Waals surface area (Å²) in [6.45, 7) is 1.89. The largest absolute Gasteiger partial charge is 0.322 e. The third-order valence-electron chi connectivity index (χ3n) is 4.73. The minimum Gasteiger partial charge on any atom is -0.322 e. The van der Waals surface area contributed by atoms with Crippen molar-refractivity contribution in [3.8, 4) is 0 Å². The lowest BCUT2D eigenvalue weighted by Crippen LogP contribution is -2.19. The van der Waals surface area contributed by atoms with Crippen LogP contribution in [0.15, 0.2) is 83.1 Å². The van der Waals surface area contributed by atoms with Crippen LogP contribution < -0.4 is 10.6 Å². The van der Waals surface area contributed by atoms with E-state index in [4.69, 9.17) is 23.2 Å². The van der Waals surface area contributed by atoms with Gasteiger partial charge in [-0.2, -0.15) is 0 Å². The number of thioether (sulfide) groups is 1. The average Bonchev–Trinajstić information content (AvgIpc) is 3.23. The van der Waals surface area contributed by atoms with Gasteiger partial charge in [0.1, 0.15) is 5.25 Å². The van der Waals surface area contributed by atoms with E-state index in [1.54, 1.807) is 24.3 Å². The highest BCUT2D eigenvalue weighted by Crippen LogP contribution is 2.37. The van der Waals surface area contributed by atoms with Crippen LogP contribution in [0.1, 0.15) is 26.9 Å². The lowest BCUT2D eigenvalue weighted by Gasteiger charge is -2.16. The highest BCUT2D eigenvalue weighted by atomic mass is 35.5. The summed E-state index contributed by atoms with van der Waals surface area (Å²) < 4.78 is 0. The molecule has 172 valence electrons. The number of hydrogen-bond donors (Lipinski definition) is 2. The molecule has 2 N–H and O–H groups in total. The number of rotatable bonds is 7. The predicted octanol–water partition coefficient (Wildman–Crippen LogP) is 7.48. The van der Waals surface area contributed by atoms with Crippen LogP contribution in [0.5, 0.6) is 0 Å². The zero-order valence-corrected chi connectivity index (χ0v) is 21.1. The molecule has 1 aromatic heterocycles. The smallest absolute Gasteiger partial charge is 0.257 e. The molecular formula is C25H19Cl2N3O2S2. The Balaban J connectivity index is 1.48. The number of halogens is 2. The first-order valence-corrected chi connectivity index (χ1v) is 12.7. The fraction of sp³-hybridized carbons (Fsp3) is 0.0800. The van der Waals surface area contributed by atoms with Gasteiger partial charge in [0.25, 0.3) is 5.91 Å². The van der Waals surface area contributed by atoms with Gasteiger partial charge in [0.15, 0.2) is 5.13 Å². The lowest BCUT2D eigenvalue weighted by atomic mass is 10.1. The van der Waals surface area contributed by atoms with Gasteiger partial charge in [-0.3, -0.25) is 9.59 Å². The van der Waals surface area contributed by atoms with E-state index in [0.717, 1.165) is 16.2 Å². The first-order chi connectivity index (χ1) is 16.4. The zero-order valence-electron chi connectivity index (χ0n) is 17.9. The summed E-state index contributed by atoms with van der Waals surface area (Å²) >= 11 is 14.8. The van der Waals surface area contributed by atoms with E-state index in [2.05, 4.69) is 15.6 Å². The molecule has 4 rings (SSSR count). The predicted molar refractivity (Wildman–Crippen MR) is 141 cm³/mol. The molecule has 0 saturated carbocycles. The van der Waals surface area contributed by atoms with E-state index >= 15 is 0 Å². The molecule has 0 aliphatic rings. The number of nitrogens with zero attached hydrogens (tertiary/aromatic N) is 1. The molecule has 1 atom stereocenters. The van der Waals surface area contributed by atoms with E-state index in [1.165, 1.54) is 29.2 Å². The Morgan fingerprint density at radius 2 is 1.71 bits per heavy atom. The van der Waals surface area contributed by atoms with Crippen molar-refractivity contribution in [2.24, 2.45) is 0 Å². The summed E-state index contributed by atoms with van der Waals surface area (Å²) in [6.07, 6.45) is 0. The minimum absolute atomic E-state index is 0.152. The topological polar surface area (TPSA) is 71.1 Å². The summed E-state index contributed by atoms with van der Waals surface area (Å²) in [5.41, 5.74) is 2.69. The molecule has 5 nitrogen and oxygen atoms in total. The van der Waals surface area contributed by atoms with E-state index in [0.29, 0.717) is 21.4 Å². The maximum Gasteiger partial charge on any atom is 0.257 e. The monoisotopic (exact) mass is 527 g/mol. The van der Waals surface area contributed by atoms with Gasteiger partial charge in [-0.05, 0) is 55.0 Å². The Labute approximate surface area is 215 Å². The van der Waals surface area contributed by atoms with Gasteiger partial charge in [-0.1, -0.05) is 53.5 Å². The lowest BCUT2D eigenvalue weighted by molar-refractivity contribution is -0.115. The van der Waals surface area contributed by atoms with Gasteiger partial charge in [0, 0.05) is 21.0 Å². The van der Waals surface area contributed by atoms with Crippen molar-refractivity contribution in [1.29, 1.82) is 0 Å². The van der Waals surface area contributed by atoms with Crippen LogP contribution >= 0.6 is 46.3 Å². The average molecular weight is 528 g/mol. The highest BCUT2D eigenvalue weighted by molar-refractivity contribution is 8.00. The van der Waals surface area contributed by atoms with Gasteiger partial charge < -0.3 is 10.6 Å². The minimum atomic E-state index is -0.473. The highest BCUT2D eigenvalue weighted by Gasteiger charge is 2.23. The number of benzene rings is 3. The maximum atomic E-state index is 13.1. The van der Waals surface area contributed by atoms with E-state index in [9.17, 15) is 9.59 Å². The normalized spacial score (nSPS) is 11.6. The number of amides is 2. The van der Waals surface area contributed by atoms with Gasteiger partial charge >= 0.3 is 0 Å². The Kier molecular flexibility index (Phi) is 7.90. The quantitative estimate of drug-likeness (QED) is 0.244. The number of aryl methyl sites for hydroxylation is 1. The molecule has 0 radical (unpaired) electrons. The maximum absolute atomic E-state index is 13.1. The Morgan fingerprint density at radius 1 is 0.971 bits per heavy atom. The molecule has 0 spiro atoms. The fourth-order valence-corrected chi connectivity index (χ4v) is 5.32. The molecule has 34 heavy (non-hydrogen) atoms. The number of aromatic nitrogens is 1. The van der Waals surface area contributed by atoms with E-state index < -0.39 is 5.25 Å². The molecule has 0 aliphatic carbocycles. The summed E-state index contributed by atoms with van der Waals surface area (Å²) in [4.78, 5) is 30.9.